The molecule has 1 heterocycles. The van der Waals surface area contributed by atoms with E-state index in [9.17, 15) is 13.2 Å². The monoisotopic (exact) mass is 417 g/mol. The van der Waals surface area contributed by atoms with E-state index >= 15 is 0 Å². The third kappa shape index (κ3) is 7.18. The first-order chi connectivity index (χ1) is 13.9. The van der Waals surface area contributed by atoms with Gasteiger partial charge in [-0.2, -0.15) is 8.42 Å². The molecule has 29 heavy (non-hydrogen) atoms. The first-order valence-electron chi connectivity index (χ1n) is 9.81. The smallest absolute Gasteiger partial charge is 0.306 e. The van der Waals surface area contributed by atoms with Gasteiger partial charge in [0.05, 0.1) is 12.4 Å². The number of carbonyl (C=O) groups excluding carboxylic acids is 1. The summed E-state index contributed by atoms with van der Waals surface area (Å²) in [6, 6.07) is 16.8. The lowest BCUT2D eigenvalue weighted by molar-refractivity contribution is -0.133. The van der Waals surface area contributed by atoms with E-state index in [4.69, 9.17) is 8.92 Å². The number of carbonyl (C=O) groups is 1. The summed E-state index contributed by atoms with van der Waals surface area (Å²) in [6.07, 6.45) is 4.20. The first kappa shape index (κ1) is 21.3. The lowest BCUT2D eigenvalue weighted by Gasteiger charge is -2.26. The average Bonchev–Trinajstić information content (AvgIpc) is 3.20. The second-order valence-electron chi connectivity index (χ2n) is 7.33. The predicted molar refractivity (Wildman–Crippen MR) is 111 cm³/mol. The van der Waals surface area contributed by atoms with E-state index in [1.165, 1.54) is 0 Å². The van der Waals surface area contributed by atoms with Crippen LogP contribution in [0.25, 0.3) is 0 Å². The number of rotatable bonds is 9. The molecule has 0 aliphatic carbocycles. The number of hydrogen-bond acceptors (Lipinski definition) is 5. The predicted octanol–water partition coefficient (Wildman–Crippen LogP) is 3.17. The quantitative estimate of drug-likeness (QED) is 0.586. The van der Waals surface area contributed by atoms with Gasteiger partial charge in [-0.1, -0.05) is 42.5 Å². The Kier molecular flexibility index (Phi) is 7.28. The maximum atomic E-state index is 12.9. The van der Waals surface area contributed by atoms with Crippen LogP contribution in [0, 0.1) is 0 Å². The van der Waals surface area contributed by atoms with Crippen LogP contribution in [0.5, 0.6) is 5.75 Å². The molecule has 3 rings (SSSR count). The van der Waals surface area contributed by atoms with Gasteiger partial charge in [-0.25, -0.2) is 0 Å². The van der Waals surface area contributed by atoms with Gasteiger partial charge in [-0.05, 0) is 42.5 Å². The molecule has 2 aromatic carbocycles. The Morgan fingerprint density at radius 3 is 2.45 bits per heavy atom. The molecule has 6 nitrogen and oxygen atoms in total. The molecule has 0 bridgehead atoms. The van der Waals surface area contributed by atoms with Crippen LogP contribution in [0.4, 0.5) is 0 Å². The maximum Gasteiger partial charge on any atom is 0.306 e. The number of nitrogens with zero attached hydrogens (tertiary/aromatic N) is 1. The molecule has 0 N–H and O–H groups in total. The lowest BCUT2D eigenvalue weighted by atomic mass is 10.1. The topological polar surface area (TPSA) is 72.9 Å². The van der Waals surface area contributed by atoms with E-state index in [-0.39, 0.29) is 17.8 Å². The molecule has 1 amide bonds. The largest absolute Gasteiger partial charge is 0.383 e. The van der Waals surface area contributed by atoms with Crippen molar-refractivity contribution >= 4 is 16.0 Å². The van der Waals surface area contributed by atoms with E-state index in [1.54, 1.807) is 24.3 Å². The van der Waals surface area contributed by atoms with Gasteiger partial charge in [0, 0.05) is 26.1 Å². The van der Waals surface area contributed by atoms with Crippen LogP contribution in [-0.4, -0.2) is 44.7 Å². The fourth-order valence-corrected chi connectivity index (χ4v) is 3.85. The Bertz CT molecular complexity index is 891. The highest BCUT2D eigenvalue weighted by atomic mass is 32.2. The zero-order valence-electron chi connectivity index (χ0n) is 16.6. The van der Waals surface area contributed by atoms with Crippen LogP contribution in [0.15, 0.2) is 54.6 Å². The van der Waals surface area contributed by atoms with Gasteiger partial charge < -0.3 is 13.8 Å². The molecule has 0 radical (unpaired) electrons. The Morgan fingerprint density at radius 1 is 1.10 bits per heavy atom. The summed E-state index contributed by atoms with van der Waals surface area (Å²) in [5, 5.41) is 0. The van der Waals surface area contributed by atoms with Crippen molar-refractivity contribution in [1.82, 2.24) is 4.90 Å². The van der Waals surface area contributed by atoms with E-state index in [1.807, 2.05) is 35.2 Å². The molecule has 0 unspecified atom stereocenters. The summed E-state index contributed by atoms with van der Waals surface area (Å²) in [5.74, 6) is 0.346. The summed E-state index contributed by atoms with van der Waals surface area (Å²) >= 11 is 0. The molecule has 7 heteroatoms. The van der Waals surface area contributed by atoms with E-state index in [0.29, 0.717) is 25.9 Å². The maximum absolute atomic E-state index is 12.9. The van der Waals surface area contributed by atoms with Crippen molar-refractivity contribution < 1.29 is 22.1 Å². The molecule has 1 fully saturated rings. The van der Waals surface area contributed by atoms with Crippen molar-refractivity contribution in [1.29, 1.82) is 0 Å². The Hall–Kier alpha value is -2.38. The standard InChI is InChI=1S/C22H27NO5S/c1-29(25,26)28-20-12-9-19(10-13-20)16-23(17-21-8-5-15-27-21)22(24)14-11-18-6-3-2-4-7-18/h2-4,6-7,9-10,12-13,21H,5,8,11,14-17H2,1H3/t21-/m1/s1. The molecule has 0 aromatic heterocycles. The molecule has 1 saturated heterocycles. The van der Waals surface area contributed by atoms with Crippen LogP contribution in [0.3, 0.4) is 0 Å². The fourth-order valence-electron chi connectivity index (χ4n) is 3.39. The molecule has 2 aromatic rings. The van der Waals surface area contributed by atoms with Gasteiger partial charge in [-0.15, -0.1) is 0 Å². The fraction of sp³-hybridized carbons (Fsp3) is 0.409. The van der Waals surface area contributed by atoms with E-state index < -0.39 is 10.1 Å². The molecule has 0 spiro atoms. The minimum Gasteiger partial charge on any atom is -0.383 e. The summed E-state index contributed by atoms with van der Waals surface area (Å²) in [4.78, 5) is 14.8. The molecular weight excluding hydrogens is 390 g/mol. The van der Waals surface area contributed by atoms with Crippen molar-refractivity contribution in [2.45, 2.75) is 38.3 Å². The zero-order valence-corrected chi connectivity index (χ0v) is 17.4. The SMILES string of the molecule is CS(=O)(=O)Oc1ccc(CN(C[C@H]2CCCO2)C(=O)CCc2ccccc2)cc1. The van der Waals surface area contributed by atoms with Gasteiger partial charge in [0.25, 0.3) is 0 Å². The Balaban J connectivity index is 1.65. The van der Waals surface area contributed by atoms with Crippen molar-refractivity contribution in [2.75, 3.05) is 19.4 Å². The molecule has 1 aliphatic rings. The second-order valence-corrected chi connectivity index (χ2v) is 8.90. The number of amides is 1. The molecule has 156 valence electrons. The first-order valence-corrected chi connectivity index (χ1v) is 11.6. The van der Waals surface area contributed by atoms with E-state index in [2.05, 4.69) is 0 Å². The van der Waals surface area contributed by atoms with Crippen molar-refractivity contribution in [3.05, 3.63) is 65.7 Å². The number of hydrogen-bond donors (Lipinski definition) is 0. The number of aryl methyl sites for hydroxylation is 1. The van der Waals surface area contributed by atoms with Gasteiger partial charge in [0.2, 0.25) is 5.91 Å². The summed E-state index contributed by atoms with van der Waals surface area (Å²) in [5.41, 5.74) is 2.05. The van der Waals surface area contributed by atoms with Crippen molar-refractivity contribution in [3.8, 4) is 5.75 Å². The summed E-state index contributed by atoms with van der Waals surface area (Å²) in [6.45, 7) is 1.76. The van der Waals surface area contributed by atoms with Gasteiger partial charge >= 0.3 is 10.1 Å². The highest BCUT2D eigenvalue weighted by molar-refractivity contribution is 7.86. The van der Waals surface area contributed by atoms with Gasteiger partial charge in [-0.3, -0.25) is 4.79 Å². The molecule has 1 atom stereocenters. The average molecular weight is 418 g/mol. The third-order valence-corrected chi connectivity index (χ3v) is 5.31. The van der Waals surface area contributed by atoms with Gasteiger partial charge in [0.1, 0.15) is 5.75 Å². The number of benzene rings is 2. The second kappa shape index (κ2) is 9.89. The third-order valence-electron chi connectivity index (χ3n) is 4.82. The normalized spacial score (nSPS) is 16.5. The zero-order chi connectivity index (χ0) is 20.7. The van der Waals surface area contributed by atoms with Crippen molar-refractivity contribution in [2.24, 2.45) is 0 Å². The molecule has 0 saturated carbocycles. The van der Waals surface area contributed by atoms with Crippen LogP contribution < -0.4 is 4.18 Å². The highest BCUT2D eigenvalue weighted by Gasteiger charge is 2.22. The minimum atomic E-state index is -3.56. The van der Waals surface area contributed by atoms with Gasteiger partial charge in [0.15, 0.2) is 0 Å². The Morgan fingerprint density at radius 2 is 1.83 bits per heavy atom. The van der Waals surface area contributed by atoms with Crippen LogP contribution in [0.1, 0.15) is 30.4 Å². The molecule has 1 aliphatic heterocycles. The van der Waals surface area contributed by atoms with Crippen LogP contribution in [-0.2, 0) is 32.6 Å². The highest BCUT2D eigenvalue weighted by Crippen LogP contribution is 2.19. The van der Waals surface area contributed by atoms with Crippen molar-refractivity contribution in [3.63, 3.8) is 0 Å². The summed E-state index contributed by atoms with van der Waals surface area (Å²) in [7, 11) is -3.56. The Labute approximate surface area is 172 Å². The lowest BCUT2D eigenvalue weighted by Crippen LogP contribution is -2.37. The number of ether oxygens (including phenoxy) is 1. The van der Waals surface area contributed by atoms with E-state index in [0.717, 1.165) is 36.8 Å². The van der Waals surface area contributed by atoms with Crippen LogP contribution >= 0.6 is 0 Å². The minimum absolute atomic E-state index is 0.0727. The molecular formula is C22H27NO5S. The summed E-state index contributed by atoms with van der Waals surface area (Å²) < 4.78 is 33.1. The van der Waals surface area contributed by atoms with Crippen LogP contribution in [0.2, 0.25) is 0 Å².